The topological polar surface area (TPSA) is 119 Å². The van der Waals surface area contributed by atoms with Crippen LogP contribution in [-0.2, 0) is 28.2 Å². The number of phosphoric acid groups is 1. The molecule has 256 valence electrons. The first-order chi connectivity index (χ1) is 20.8. The molecule has 8 nitrogen and oxygen atoms in total. The van der Waals surface area contributed by atoms with Gasteiger partial charge in [0.25, 0.3) is 0 Å². The molecule has 1 atom stereocenters. The Morgan fingerprint density at radius 2 is 0.837 bits per heavy atom. The number of hydrogen-bond donors (Lipinski definition) is 2. The number of unbranched alkanes of at least 4 members (excludes halogenated alkanes) is 23. The van der Waals surface area contributed by atoms with Crippen molar-refractivity contribution in [2.75, 3.05) is 13.2 Å². The molecule has 0 aromatic rings. The second kappa shape index (κ2) is 31.0. The van der Waals surface area contributed by atoms with E-state index in [0.29, 0.717) is 6.42 Å². The van der Waals surface area contributed by atoms with Crippen molar-refractivity contribution in [2.24, 2.45) is 0 Å². The summed E-state index contributed by atoms with van der Waals surface area (Å²) in [4.78, 5) is 42.4. The van der Waals surface area contributed by atoms with Gasteiger partial charge < -0.3 is 19.3 Å². The summed E-state index contributed by atoms with van der Waals surface area (Å²) >= 11 is 0. The molecule has 0 aliphatic heterocycles. The average Bonchev–Trinajstić information content (AvgIpc) is 2.97. The molecule has 0 saturated heterocycles. The summed E-state index contributed by atoms with van der Waals surface area (Å²) in [5.41, 5.74) is 0. The predicted octanol–water partition coefficient (Wildman–Crippen LogP) is 10.1. The van der Waals surface area contributed by atoms with Gasteiger partial charge in [-0.15, -0.1) is 0 Å². The van der Waals surface area contributed by atoms with Crippen molar-refractivity contribution in [3.63, 3.8) is 0 Å². The maximum Gasteiger partial charge on any atom is 0.469 e. The Kier molecular flexibility index (Phi) is 30.4. The molecule has 0 rings (SSSR count). The van der Waals surface area contributed by atoms with Crippen LogP contribution in [0.3, 0.4) is 0 Å². The summed E-state index contributed by atoms with van der Waals surface area (Å²) < 4.78 is 26.1. The third kappa shape index (κ3) is 33.8. The standard InChI is InChI=1S/C34H67O8P/c1-3-5-7-9-11-12-13-14-15-16-17-18-19-20-21-23-24-26-28-33(35)40-30-32(31-41-43(37,38)39)42-34(36)29-27-25-22-10-8-6-4-2/h32H,3-31H2,1-2H3,(H2,37,38,39)/t32-/m1/s1. The van der Waals surface area contributed by atoms with Crippen molar-refractivity contribution < 1.29 is 37.9 Å². The molecule has 0 unspecified atom stereocenters. The molecule has 0 saturated carbocycles. The van der Waals surface area contributed by atoms with Crippen LogP contribution in [0.15, 0.2) is 0 Å². The van der Waals surface area contributed by atoms with Gasteiger partial charge in [0.05, 0.1) is 6.61 Å². The van der Waals surface area contributed by atoms with Crippen molar-refractivity contribution in [1.82, 2.24) is 0 Å². The van der Waals surface area contributed by atoms with Crippen molar-refractivity contribution >= 4 is 19.8 Å². The lowest BCUT2D eigenvalue weighted by Crippen LogP contribution is -2.29. The number of rotatable bonds is 33. The van der Waals surface area contributed by atoms with Gasteiger partial charge in [0, 0.05) is 12.8 Å². The van der Waals surface area contributed by atoms with Crippen LogP contribution in [0.1, 0.15) is 187 Å². The maximum absolute atomic E-state index is 12.2. The normalized spacial score (nSPS) is 12.4. The van der Waals surface area contributed by atoms with Crippen LogP contribution in [0, 0.1) is 0 Å². The lowest BCUT2D eigenvalue weighted by atomic mass is 10.0. The molecule has 0 aliphatic carbocycles. The van der Waals surface area contributed by atoms with E-state index in [1.807, 2.05) is 0 Å². The number of hydrogen-bond acceptors (Lipinski definition) is 6. The van der Waals surface area contributed by atoms with E-state index < -0.39 is 32.5 Å². The first-order valence-electron chi connectivity index (χ1n) is 17.8. The lowest BCUT2D eigenvalue weighted by Gasteiger charge is -2.18. The Bertz CT molecular complexity index is 681. The second-order valence-corrected chi connectivity index (χ2v) is 13.5. The highest BCUT2D eigenvalue weighted by Gasteiger charge is 2.22. The van der Waals surface area contributed by atoms with Gasteiger partial charge in [0.15, 0.2) is 6.10 Å². The molecule has 0 aromatic heterocycles. The van der Waals surface area contributed by atoms with Gasteiger partial charge in [-0.2, -0.15) is 0 Å². The maximum atomic E-state index is 12.2. The fraction of sp³-hybridized carbons (Fsp3) is 0.941. The van der Waals surface area contributed by atoms with Crippen LogP contribution in [0.4, 0.5) is 0 Å². The van der Waals surface area contributed by atoms with Crippen molar-refractivity contribution in [2.45, 2.75) is 193 Å². The quantitative estimate of drug-likeness (QED) is 0.0416. The SMILES string of the molecule is CCCCCCCCCCCCCCCCCCCCC(=O)OC[C@H](COP(=O)(O)O)OC(=O)CCCCCCCCC. The monoisotopic (exact) mass is 634 g/mol. The van der Waals surface area contributed by atoms with Gasteiger partial charge in [0.2, 0.25) is 0 Å². The minimum atomic E-state index is -4.73. The van der Waals surface area contributed by atoms with Gasteiger partial charge in [0.1, 0.15) is 6.61 Å². The summed E-state index contributed by atoms with van der Waals surface area (Å²) in [6.45, 7) is 3.63. The third-order valence-electron chi connectivity index (χ3n) is 7.88. The second-order valence-electron chi connectivity index (χ2n) is 12.2. The van der Waals surface area contributed by atoms with E-state index in [4.69, 9.17) is 19.3 Å². The fourth-order valence-corrected chi connectivity index (χ4v) is 5.56. The predicted molar refractivity (Wildman–Crippen MR) is 175 cm³/mol. The molecule has 0 bridgehead atoms. The molecular weight excluding hydrogens is 567 g/mol. The molecule has 0 heterocycles. The zero-order valence-corrected chi connectivity index (χ0v) is 28.8. The van der Waals surface area contributed by atoms with Crippen molar-refractivity contribution in [3.05, 3.63) is 0 Å². The van der Waals surface area contributed by atoms with E-state index in [1.165, 1.54) is 116 Å². The molecule has 0 amide bonds. The average molecular weight is 635 g/mol. The Balaban J connectivity index is 3.82. The highest BCUT2D eigenvalue weighted by molar-refractivity contribution is 7.46. The first-order valence-corrected chi connectivity index (χ1v) is 19.4. The molecule has 0 fully saturated rings. The van der Waals surface area contributed by atoms with Gasteiger partial charge in [-0.25, -0.2) is 4.57 Å². The van der Waals surface area contributed by atoms with Crippen molar-refractivity contribution in [3.8, 4) is 0 Å². The number of phosphoric ester groups is 1. The van der Waals surface area contributed by atoms with E-state index >= 15 is 0 Å². The van der Waals surface area contributed by atoms with Crippen LogP contribution in [0.2, 0.25) is 0 Å². The van der Waals surface area contributed by atoms with E-state index in [-0.39, 0.29) is 19.4 Å². The first kappa shape index (κ1) is 42.0. The third-order valence-corrected chi connectivity index (χ3v) is 8.36. The van der Waals surface area contributed by atoms with Gasteiger partial charge in [-0.1, -0.05) is 162 Å². The molecule has 0 aromatic carbocycles. The summed E-state index contributed by atoms with van der Waals surface area (Å²) in [5, 5.41) is 0. The summed E-state index contributed by atoms with van der Waals surface area (Å²) in [6.07, 6.45) is 30.0. The molecule has 2 N–H and O–H groups in total. The minimum absolute atomic E-state index is 0.216. The number of ether oxygens (including phenoxy) is 2. The van der Waals surface area contributed by atoms with E-state index in [0.717, 1.165) is 38.5 Å². The molecule has 0 aliphatic rings. The van der Waals surface area contributed by atoms with Crippen molar-refractivity contribution in [1.29, 1.82) is 0 Å². The lowest BCUT2D eigenvalue weighted by molar-refractivity contribution is -0.161. The fourth-order valence-electron chi connectivity index (χ4n) is 5.20. The Hall–Kier alpha value is -0.950. The summed E-state index contributed by atoms with van der Waals surface area (Å²) in [5.74, 6) is -0.881. The van der Waals surface area contributed by atoms with Gasteiger partial charge in [-0.3, -0.25) is 14.1 Å². The molecule has 0 spiro atoms. The number of carbonyl (C=O) groups excluding carboxylic acids is 2. The van der Waals surface area contributed by atoms with Crippen LogP contribution in [0.25, 0.3) is 0 Å². The highest BCUT2D eigenvalue weighted by Crippen LogP contribution is 2.36. The van der Waals surface area contributed by atoms with Crippen LogP contribution in [0.5, 0.6) is 0 Å². The van der Waals surface area contributed by atoms with Gasteiger partial charge >= 0.3 is 19.8 Å². The van der Waals surface area contributed by atoms with E-state index in [1.54, 1.807) is 0 Å². The minimum Gasteiger partial charge on any atom is -0.462 e. The van der Waals surface area contributed by atoms with Crippen LogP contribution >= 0.6 is 7.82 Å². The van der Waals surface area contributed by atoms with Gasteiger partial charge in [-0.05, 0) is 12.8 Å². The number of carbonyl (C=O) groups is 2. The molecule has 0 radical (unpaired) electrons. The largest absolute Gasteiger partial charge is 0.469 e. The molecular formula is C34H67O8P. The zero-order chi connectivity index (χ0) is 31.9. The zero-order valence-electron chi connectivity index (χ0n) is 27.9. The van der Waals surface area contributed by atoms with Crippen LogP contribution < -0.4 is 0 Å². The van der Waals surface area contributed by atoms with Crippen LogP contribution in [-0.4, -0.2) is 41.0 Å². The Morgan fingerprint density at radius 1 is 0.512 bits per heavy atom. The molecule has 43 heavy (non-hydrogen) atoms. The Morgan fingerprint density at radius 3 is 1.19 bits per heavy atom. The van der Waals surface area contributed by atoms with E-state index in [9.17, 15) is 14.2 Å². The molecule has 9 heteroatoms. The Labute approximate surface area is 264 Å². The van der Waals surface area contributed by atoms with E-state index in [2.05, 4.69) is 18.4 Å². The highest BCUT2D eigenvalue weighted by atomic mass is 31.2. The summed E-state index contributed by atoms with van der Waals surface area (Å²) in [6, 6.07) is 0. The summed E-state index contributed by atoms with van der Waals surface area (Å²) in [7, 11) is -4.73. The number of esters is 2. The smallest absolute Gasteiger partial charge is 0.462 e.